The Labute approximate surface area is 272 Å². The van der Waals surface area contributed by atoms with Gasteiger partial charge in [-0.15, -0.1) is 0 Å². The first-order chi connectivity index (χ1) is 22.5. The van der Waals surface area contributed by atoms with Crippen molar-refractivity contribution in [3.05, 3.63) is 107 Å². The lowest BCUT2D eigenvalue weighted by molar-refractivity contribution is -0.154. The van der Waals surface area contributed by atoms with E-state index in [2.05, 4.69) is 10.3 Å². The first-order valence-corrected chi connectivity index (χ1v) is 14.8. The van der Waals surface area contributed by atoms with E-state index in [9.17, 15) is 29.4 Å². The molecule has 3 aromatic rings. The highest BCUT2D eigenvalue weighted by atomic mass is 16.5. The molecule has 0 aliphatic rings. The lowest BCUT2D eigenvalue weighted by Gasteiger charge is -2.42. The summed E-state index contributed by atoms with van der Waals surface area (Å²) >= 11 is 0. The minimum atomic E-state index is -2.29. The molecule has 1 amide bonds. The lowest BCUT2D eigenvalue weighted by atomic mass is 9.74. The Balaban J connectivity index is 2.17. The first-order valence-electron chi connectivity index (χ1n) is 14.8. The number of esters is 1. The molecule has 3 aromatic carbocycles. The van der Waals surface area contributed by atoms with Gasteiger partial charge in [0.05, 0.1) is 32.5 Å². The predicted molar refractivity (Wildman–Crippen MR) is 173 cm³/mol. The van der Waals surface area contributed by atoms with Gasteiger partial charge in [-0.05, 0) is 35.1 Å². The number of ether oxygens (including phenoxy) is 1. The van der Waals surface area contributed by atoms with E-state index < -0.39 is 54.1 Å². The number of rotatable bonds is 18. The van der Waals surface area contributed by atoms with Crippen molar-refractivity contribution in [2.24, 2.45) is 16.5 Å². The van der Waals surface area contributed by atoms with E-state index in [0.29, 0.717) is 22.3 Å². The third-order valence-corrected chi connectivity index (χ3v) is 7.55. The van der Waals surface area contributed by atoms with Crippen LogP contribution in [0, 0.1) is 0 Å². The van der Waals surface area contributed by atoms with Crippen LogP contribution in [0.5, 0.6) is 0 Å². The van der Waals surface area contributed by atoms with E-state index in [0.717, 1.165) is 4.90 Å². The number of Topliss-reactive ketones (excluding diaryl/α,β-unsaturated/α-hetero) is 1. The number of carbonyl (C=O) groups is 5. The highest BCUT2D eigenvalue weighted by molar-refractivity contribution is 6.14. The molecule has 0 heterocycles. The van der Waals surface area contributed by atoms with E-state index in [1.165, 1.54) is 7.11 Å². The molecule has 0 bridgehead atoms. The van der Waals surface area contributed by atoms with Gasteiger partial charge in [-0.3, -0.25) is 33.9 Å². The molecule has 13 nitrogen and oxygen atoms in total. The molecule has 0 aromatic heterocycles. The normalized spacial score (nSPS) is 12.1. The second-order valence-electron chi connectivity index (χ2n) is 10.8. The topological polar surface area (TPSA) is 215 Å². The van der Waals surface area contributed by atoms with Crippen molar-refractivity contribution >= 4 is 35.6 Å². The fourth-order valence-corrected chi connectivity index (χ4v) is 5.37. The summed E-state index contributed by atoms with van der Waals surface area (Å²) in [6.07, 6.45) is -0.217. The van der Waals surface area contributed by atoms with E-state index in [1.54, 1.807) is 84.9 Å². The van der Waals surface area contributed by atoms with Gasteiger partial charge in [-0.1, -0.05) is 84.9 Å². The summed E-state index contributed by atoms with van der Waals surface area (Å²) in [6.45, 7) is -1.95. The summed E-state index contributed by atoms with van der Waals surface area (Å²) < 4.78 is 4.70. The second-order valence-corrected chi connectivity index (χ2v) is 10.8. The van der Waals surface area contributed by atoms with Crippen LogP contribution < -0.4 is 16.8 Å². The average Bonchev–Trinajstić information content (AvgIpc) is 3.04. The van der Waals surface area contributed by atoms with Crippen LogP contribution in [0.15, 0.2) is 89.9 Å². The molecule has 248 valence electrons. The molecular weight excluding hydrogens is 606 g/mol. The number of carboxylic acid groups (broad SMARTS) is 2. The molecule has 13 heteroatoms. The van der Waals surface area contributed by atoms with Gasteiger partial charge in [0.15, 0.2) is 17.3 Å². The van der Waals surface area contributed by atoms with Gasteiger partial charge in [0.1, 0.15) is 0 Å². The van der Waals surface area contributed by atoms with Crippen LogP contribution in [0.4, 0.5) is 0 Å². The van der Waals surface area contributed by atoms with Crippen LogP contribution in [-0.4, -0.2) is 83.0 Å². The van der Waals surface area contributed by atoms with Gasteiger partial charge in [0.2, 0.25) is 5.91 Å². The Morgan fingerprint density at radius 2 is 1.34 bits per heavy atom. The maximum Gasteiger partial charge on any atom is 0.317 e. The number of nitrogens with two attached hydrogens (primary N) is 2. The number of ketones is 1. The van der Waals surface area contributed by atoms with E-state index in [-0.39, 0.29) is 38.3 Å². The lowest BCUT2D eigenvalue weighted by Crippen LogP contribution is -2.66. The van der Waals surface area contributed by atoms with Gasteiger partial charge < -0.3 is 31.7 Å². The molecule has 0 spiro atoms. The number of hydrogen-bond acceptors (Lipinski definition) is 8. The molecule has 7 N–H and O–H groups in total. The molecule has 0 aliphatic heterocycles. The molecule has 0 fully saturated rings. The van der Waals surface area contributed by atoms with Gasteiger partial charge in [0, 0.05) is 13.1 Å². The fraction of sp³-hybridized carbons (Fsp3) is 0.294. The van der Waals surface area contributed by atoms with Crippen molar-refractivity contribution in [3.63, 3.8) is 0 Å². The molecular formula is C34H39N5O8. The third-order valence-electron chi connectivity index (χ3n) is 7.55. The van der Waals surface area contributed by atoms with Crippen LogP contribution in [-0.2, 0) is 41.7 Å². The number of carbonyl (C=O) groups excluding carboxylic acids is 3. The summed E-state index contributed by atoms with van der Waals surface area (Å²) in [4.78, 5) is 70.5. The van der Waals surface area contributed by atoms with Crippen LogP contribution in [0.3, 0.4) is 0 Å². The molecule has 0 saturated heterocycles. The maximum absolute atomic E-state index is 15.1. The number of guanidine groups is 1. The van der Waals surface area contributed by atoms with Gasteiger partial charge >= 0.3 is 17.9 Å². The smallest absolute Gasteiger partial charge is 0.317 e. The number of carboxylic acids is 2. The SMILES string of the molecule is COC(=O)Cc1ccc(CNC(=O)[C@@](CCCN=C(N)N)(C(=O)C(c2ccccc2)c2ccccc2)N(CC(=O)O)CC(=O)O)cc1. The van der Waals surface area contributed by atoms with Crippen LogP contribution >= 0.6 is 0 Å². The average molecular weight is 646 g/mol. The van der Waals surface area contributed by atoms with E-state index in [1.807, 2.05) is 0 Å². The van der Waals surface area contributed by atoms with Crippen molar-refractivity contribution in [1.82, 2.24) is 10.2 Å². The predicted octanol–water partition coefficient (Wildman–Crippen LogP) is 1.68. The molecule has 3 rings (SSSR count). The zero-order chi connectivity index (χ0) is 34.4. The van der Waals surface area contributed by atoms with Crippen LogP contribution in [0.25, 0.3) is 0 Å². The van der Waals surface area contributed by atoms with Crippen molar-refractivity contribution in [2.45, 2.75) is 37.3 Å². The number of methoxy groups -OCH3 is 1. The summed E-state index contributed by atoms with van der Waals surface area (Å²) in [5.74, 6) is -6.18. The van der Waals surface area contributed by atoms with Gasteiger partial charge in [-0.25, -0.2) is 0 Å². The first kappa shape index (κ1) is 35.9. The molecule has 1 atom stereocenters. The second kappa shape index (κ2) is 17.2. The molecule has 47 heavy (non-hydrogen) atoms. The summed E-state index contributed by atoms with van der Waals surface area (Å²) in [7, 11) is 1.29. The number of amides is 1. The summed E-state index contributed by atoms with van der Waals surface area (Å²) in [5, 5.41) is 22.5. The Bertz CT molecular complexity index is 1500. The summed E-state index contributed by atoms with van der Waals surface area (Å²) in [5.41, 5.74) is 11.0. The molecule has 0 radical (unpaired) electrons. The number of nitrogens with one attached hydrogen (secondary N) is 1. The number of aliphatic imine (C=N–C) groups is 1. The Morgan fingerprint density at radius 1 is 0.830 bits per heavy atom. The monoisotopic (exact) mass is 645 g/mol. The van der Waals surface area contributed by atoms with Gasteiger partial charge in [-0.2, -0.15) is 0 Å². The standard InChI is InChI=1S/C34H39N5O8/c1-47-29(44)19-23-13-15-24(16-14-23)20-38-32(46)34(17-8-18-37-33(35)36,39(21-27(40)41)22-28(42)43)31(45)30(25-9-4-2-5-10-25)26-11-6-3-7-12-26/h2-7,9-16,30H,8,17-22H2,1H3,(H,38,46)(H,40,41)(H,42,43)(H4,35,36,37)/t34-/m1/s1. The Kier molecular flexibility index (Phi) is 13.2. The number of benzene rings is 3. The minimum Gasteiger partial charge on any atom is -0.480 e. The van der Waals surface area contributed by atoms with Crippen molar-refractivity contribution in [3.8, 4) is 0 Å². The third kappa shape index (κ3) is 9.96. The van der Waals surface area contributed by atoms with E-state index >= 15 is 4.79 Å². The highest BCUT2D eigenvalue weighted by Gasteiger charge is 2.53. The highest BCUT2D eigenvalue weighted by Crippen LogP contribution is 2.36. The zero-order valence-electron chi connectivity index (χ0n) is 26.0. The van der Waals surface area contributed by atoms with Crippen molar-refractivity contribution in [2.75, 3.05) is 26.7 Å². The molecule has 0 unspecified atom stereocenters. The summed E-state index contributed by atoms with van der Waals surface area (Å²) in [6, 6.07) is 24.1. The van der Waals surface area contributed by atoms with Gasteiger partial charge in [0.25, 0.3) is 0 Å². The van der Waals surface area contributed by atoms with Crippen molar-refractivity contribution < 1.29 is 38.9 Å². The van der Waals surface area contributed by atoms with E-state index in [4.69, 9.17) is 16.2 Å². The fourth-order valence-electron chi connectivity index (χ4n) is 5.37. The molecule has 0 aliphatic carbocycles. The molecule has 0 saturated carbocycles. The number of aliphatic carboxylic acids is 2. The van der Waals surface area contributed by atoms with Crippen LogP contribution in [0.2, 0.25) is 0 Å². The number of nitrogens with zero attached hydrogens (tertiary/aromatic N) is 2. The van der Waals surface area contributed by atoms with Crippen molar-refractivity contribution in [1.29, 1.82) is 0 Å². The zero-order valence-corrected chi connectivity index (χ0v) is 26.0. The Hall–Kier alpha value is -5.56. The largest absolute Gasteiger partial charge is 0.480 e. The quantitative estimate of drug-likeness (QED) is 0.0441. The number of hydrogen-bond donors (Lipinski definition) is 5. The Morgan fingerprint density at radius 3 is 1.81 bits per heavy atom. The van der Waals surface area contributed by atoms with Crippen LogP contribution in [0.1, 0.15) is 41.0 Å². The minimum absolute atomic E-state index is 0.0123. The maximum atomic E-state index is 15.1.